The molecule has 0 saturated heterocycles. The number of hydrazone groups is 1. The van der Waals surface area contributed by atoms with Crippen LogP contribution < -0.4 is 25.0 Å². The molecule has 0 fully saturated rings. The summed E-state index contributed by atoms with van der Waals surface area (Å²) in [7, 11) is 2.98. The van der Waals surface area contributed by atoms with Gasteiger partial charge in [-0.3, -0.25) is 9.59 Å². The van der Waals surface area contributed by atoms with Gasteiger partial charge in [0, 0.05) is 16.3 Å². The van der Waals surface area contributed by atoms with Crippen LogP contribution in [0.5, 0.6) is 17.2 Å². The van der Waals surface area contributed by atoms with Crippen molar-refractivity contribution in [3.8, 4) is 17.2 Å². The van der Waals surface area contributed by atoms with Crippen molar-refractivity contribution in [2.24, 2.45) is 5.10 Å². The predicted molar refractivity (Wildman–Crippen MR) is 157 cm³/mol. The number of hydrogen-bond acceptors (Lipinski definition) is 7. The minimum Gasteiger partial charge on any atom is -0.497 e. The van der Waals surface area contributed by atoms with Crippen LogP contribution in [0.15, 0.2) is 90.0 Å². The monoisotopic (exact) mass is 591 g/mol. The van der Waals surface area contributed by atoms with Gasteiger partial charge >= 0.3 is 5.97 Å². The normalized spacial score (nSPS) is 10.6. The number of ether oxygens (including phenoxy) is 3. The zero-order valence-electron chi connectivity index (χ0n) is 21.8. The first-order valence-corrected chi connectivity index (χ1v) is 12.8. The van der Waals surface area contributed by atoms with Gasteiger partial charge in [0.2, 0.25) is 0 Å². The molecule has 0 aliphatic heterocycles. The predicted octanol–water partition coefficient (Wildman–Crippen LogP) is 6.25. The van der Waals surface area contributed by atoms with E-state index in [1.54, 1.807) is 66.7 Å². The van der Waals surface area contributed by atoms with Crippen molar-refractivity contribution < 1.29 is 28.6 Å². The highest BCUT2D eigenvalue weighted by atomic mass is 35.5. The first-order valence-electron chi connectivity index (χ1n) is 12.0. The summed E-state index contributed by atoms with van der Waals surface area (Å²) in [5, 5.41) is 7.31. The molecule has 0 heterocycles. The molecule has 0 saturated carbocycles. The van der Waals surface area contributed by atoms with E-state index >= 15 is 0 Å². The molecule has 0 atom stereocenters. The first-order chi connectivity index (χ1) is 19.8. The van der Waals surface area contributed by atoms with Gasteiger partial charge < -0.3 is 19.5 Å². The molecule has 0 bridgehead atoms. The van der Waals surface area contributed by atoms with Gasteiger partial charge in [0.05, 0.1) is 36.6 Å². The summed E-state index contributed by atoms with van der Waals surface area (Å²) in [5.74, 6) is -0.379. The van der Waals surface area contributed by atoms with E-state index in [0.717, 1.165) is 0 Å². The molecule has 4 aromatic carbocycles. The Kier molecular flexibility index (Phi) is 9.57. The molecular weight excluding hydrogens is 569 g/mol. The van der Waals surface area contributed by atoms with Crippen molar-refractivity contribution in [2.75, 3.05) is 19.5 Å². The third-order valence-electron chi connectivity index (χ3n) is 5.65. The second kappa shape index (κ2) is 13.5. The third kappa shape index (κ3) is 7.63. The summed E-state index contributed by atoms with van der Waals surface area (Å²) in [6, 6.07) is 22.2. The molecule has 2 N–H and O–H groups in total. The van der Waals surface area contributed by atoms with Crippen LogP contribution in [-0.4, -0.2) is 38.2 Å². The van der Waals surface area contributed by atoms with Crippen LogP contribution >= 0.6 is 23.2 Å². The Labute approximate surface area is 245 Å². The average molecular weight is 592 g/mol. The summed E-state index contributed by atoms with van der Waals surface area (Å²) in [6.07, 6.45) is 1.41. The van der Waals surface area contributed by atoms with E-state index in [1.807, 2.05) is 0 Å². The number of carbonyl (C=O) groups excluding carboxylic acids is 3. The van der Waals surface area contributed by atoms with Crippen molar-refractivity contribution in [2.45, 2.75) is 0 Å². The van der Waals surface area contributed by atoms with Gasteiger partial charge in [-0.2, -0.15) is 5.10 Å². The first kappa shape index (κ1) is 29.1. The molecule has 11 heteroatoms. The number of hydrogen-bond donors (Lipinski definition) is 2. The molecule has 0 unspecified atom stereocenters. The van der Waals surface area contributed by atoms with Crippen LogP contribution in [0.4, 0.5) is 5.69 Å². The van der Waals surface area contributed by atoms with E-state index < -0.39 is 17.8 Å². The van der Waals surface area contributed by atoms with Gasteiger partial charge in [-0.25, -0.2) is 10.2 Å². The summed E-state index contributed by atoms with van der Waals surface area (Å²) < 4.78 is 15.9. The minimum atomic E-state index is -0.561. The van der Waals surface area contributed by atoms with E-state index in [9.17, 15) is 14.4 Å². The Balaban J connectivity index is 1.37. The lowest BCUT2D eigenvalue weighted by molar-refractivity contribution is 0.0729. The van der Waals surface area contributed by atoms with Crippen LogP contribution in [0.1, 0.15) is 36.6 Å². The summed E-state index contributed by atoms with van der Waals surface area (Å²) in [4.78, 5) is 37.7. The highest BCUT2D eigenvalue weighted by Crippen LogP contribution is 2.29. The lowest BCUT2D eigenvalue weighted by Crippen LogP contribution is -2.18. The van der Waals surface area contributed by atoms with Crippen molar-refractivity contribution in [3.05, 3.63) is 117 Å². The van der Waals surface area contributed by atoms with Gasteiger partial charge in [0.1, 0.15) is 5.75 Å². The molecule has 2 amide bonds. The summed E-state index contributed by atoms with van der Waals surface area (Å²) in [5.41, 5.74) is 4.26. The highest BCUT2D eigenvalue weighted by Gasteiger charge is 2.14. The van der Waals surface area contributed by atoms with Crippen molar-refractivity contribution >= 4 is 52.9 Å². The fourth-order valence-electron chi connectivity index (χ4n) is 3.57. The number of rotatable bonds is 9. The second-order valence-electron chi connectivity index (χ2n) is 8.39. The van der Waals surface area contributed by atoms with Crippen LogP contribution in [0.2, 0.25) is 10.0 Å². The van der Waals surface area contributed by atoms with E-state index in [1.165, 1.54) is 38.6 Å². The number of carbonyl (C=O) groups is 3. The number of nitrogens with one attached hydrogen (secondary N) is 2. The Morgan fingerprint density at radius 2 is 1.56 bits per heavy atom. The van der Waals surface area contributed by atoms with Crippen molar-refractivity contribution in [1.82, 2.24) is 5.43 Å². The number of methoxy groups -OCH3 is 2. The Morgan fingerprint density at radius 1 is 0.780 bits per heavy atom. The highest BCUT2D eigenvalue weighted by molar-refractivity contribution is 6.37. The maximum absolute atomic E-state index is 12.6. The maximum Gasteiger partial charge on any atom is 0.343 e. The number of benzene rings is 4. The lowest BCUT2D eigenvalue weighted by atomic mass is 10.1. The number of halogens is 2. The van der Waals surface area contributed by atoms with E-state index in [4.69, 9.17) is 37.4 Å². The number of anilines is 1. The fourth-order valence-corrected chi connectivity index (χ4v) is 4.07. The summed E-state index contributed by atoms with van der Waals surface area (Å²) in [6.45, 7) is 0. The SMILES string of the molecule is COc1ccc(C(=O)Oc2ccc(C=NNC(=O)c3cccc(NC(=O)c4ccc(Cl)cc4Cl)c3)cc2OC)cc1. The number of amides is 2. The Hall–Kier alpha value is -4.86. The van der Waals surface area contributed by atoms with E-state index in [-0.39, 0.29) is 21.9 Å². The van der Waals surface area contributed by atoms with E-state index in [0.29, 0.717) is 33.3 Å². The molecule has 4 aromatic rings. The zero-order valence-corrected chi connectivity index (χ0v) is 23.3. The molecule has 4 rings (SSSR count). The molecule has 41 heavy (non-hydrogen) atoms. The van der Waals surface area contributed by atoms with Crippen LogP contribution in [0, 0.1) is 0 Å². The molecule has 0 spiro atoms. The van der Waals surface area contributed by atoms with Gasteiger partial charge in [-0.05, 0) is 84.4 Å². The average Bonchev–Trinajstić information content (AvgIpc) is 2.97. The van der Waals surface area contributed by atoms with Gasteiger partial charge in [0.25, 0.3) is 11.8 Å². The zero-order chi connectivity index (χ0) is 29.4. The Bertz CT molecular complexity index is 1620. The molecule has 0 aliphatic carbocycles. The third-order valence-corrected chi connectivity index (χ3v) is 6.20. The standard InChI is InChI=1S/C30H23Cl2N3O6/c1-39-23-10-7-19(8-11-23)30(38)41-26-13-6-18(14-27(26)40-2)17-33-35-28(36)20-4-3-5-22(15-20)34-29(37)24-12-9-21(31)16-25(24)32/h3-17H,1-2H3,(H,34,37)(H,35,36). The largest absolute Gasteiger partial charge is 0.497 e. The maximum atomic E-state index is 12.6. The topological polar surface area (TPSA) is 115 Å². The molecule has 0 aliphatic rings. The van der Waals surface area contributed by atoms with Gasteiger partial charge in [0.15, 0.2) is 11.5 Å². The van der Waals surface area contributed by atoms with Crippen molar-refractivity contribution in [1.29, 1.82) is 0 Å². The Morgan fingerprint density at radius 3 is 2.27 bits per heavy atom. The number of esters is 1. The van der Waals surface area contributed by atoms with E-state index in [2.05, 4.69) is 15.8 Å². The summed E-state index contributed by atoms with van der Waals surface area (Å²) >= 11 is 12.0. The molecule has 9 nitrogen and oxygen atoms in total. The second-order valence-corrected chi connectivity index (χ2v) is 9.23. The fraction of sp³-hybridized carbons (Fsp3) is 0.0667. The molecule has 0 radical (unpaired) electrons. The smallest absolute Gasteiger partial charge is 0.343 e. The quantitative estimate of drug-likeness (QED) is 0.103. The van der Waals surface area contributed by atoms with Gasteiger partial charge in [-0.15, -0.1) is 0 Å². The molecular formula is C30H23Cl2N3O6. The lowest BCUT2D eigenvalue weighted by Gasteiger charge is -2.10. The molecule has 0 aromatic heterocycles. The number of nitrogens with zero attached hydrogens (tertiary/aromatic N) is 1. The van der Waals surface area contributed by atoms with Crippen LogP contribution in [0.3, 0.4) is 0 Å². The van der Waals surface area contributed by atoms with Crippen LogP contribution in [0.25, 0.3) is 0 Å². The van der Waals surface area contributed by atoms with Crippen LogP contribution in [-0.2, 0) is 0 Å². The molecule has 208 valence electrons. The van der Waals surface area contributed by atoms with Gasteiger partial charge in [-0.1, -0.05) is 29.3 Å². The van der Waals surface area contributed by atoms with Crippen molar-refractivity contribution in [3.63, 3.8) is 0 Å². The minimum absolute atomic E-state index is 0.207.